The van der Waals surface area contributed by atoms with Crippen molar-refractivity contribution in [3.63, 3.8) is 0 Å². The van der Waals surface area contributed by atoms with Gasteiger partial charge in [-0.2, -0.15) is 5.10 Å². The van der Waals surface area contributed by atoms with Crippen molar-refractivity contribution in [2.45, 2.75) is 40.5 Å². The highest BCUT2D eigenvalue weighted by molar-refractivity contribution is 5.92. The van der Waals surface area contributed by atoms with Gasteiger partial charge in [-0.25, -0.2) is 10.2 Å². The monoisotopic (exact) mass is 518 g/mol. The normalized spacial score (nSPS) is 10.9. The van der Waals surface area contributed by atoms with Crippen LogP contribution in [-0.4, -0.2) is 37.9 Å². The summed E-state index contributed by atoms with van der Waals surface area (Å²) in [6, 6.07) is 17.7. The maximum absolute atomic E-state index is 12.6. The van der Waals surface area contributed by atoms with Crippen LogP contribution in [0.5, 0.6) is 23.0 Å². The second-order valence-electron chi connectivity index (χ2n) is 8.75. The van der Waals surface area contributed by atoms with Gasteiger partial charge in [-0.3, -0.25) is 4.79 Å². The van der Waals surface area contributed by atoms with Crippen molar-refractivity contribution in [3.8, 4) is 23.0 Å². The molecule has 8 nitrogen and oxygen atoms in total. The predicted molar refractivity (Wildman–Crippen MR) is 147 cm³/mol. The van der Waals surface area contributed by atoms with E-state index in [1.54, 1.807) is 42.5 Å². The second-order valence-corrected chi connectivity index (χ2v) is 8.75. The molecule has 0 atom stereocenters. The molecule has 0 aliphatic rings. The summed E-state index contributed by atoms with van der Waals surface area (Å²) in [5, 5.41) is 4.01. The Bertz CT molecular complexity index is 1270. The van der Waals surface area contributed by atoms with Gasteiger partial charge in [0.15, 0.2) is 18.1 Å². The van der Waals surface area contributed by atoms with Gasteiger partial charge in [0, 0.05) is 0 Å². The van der Waals surface area contributed by atoms with Gasteiger partial charge in [0.25, 0.3) is 5.91 Å². The fourth-order valence-electron chi connectivity index (χ4n) is 3.46. The Kier molecular flexibility index (Phi) is 10.3. The van der Waals surface area contributed by atoms with Gasteiger partial charge in [0.05, 0.1) is 25.0 Å². The van der Waals surface area contributed by atoms with Gasteiger partial charge in [-0.1, -0.05) is 26.0 Å². The zero-order valence-electron chi connectivity index (χ0n) is 22.4. The molecule has 0 spiro atoms. The SMILES string of the molecule is CCOc1ccc(C(=O)Oc2ccc(/C=N/NC(=O)COc3cc(C(C)C)ccc3C)cc2OCC)cc1. The van der Waals surface area contributed by atoms with E-state index < -0.39 is 5.97 Å². The van der Waals surface area contributed by atoms with Crippen molar-refractivity contribution < 1.29 is 28.5 Å². The minimum atomic E-state index is -0.517. The number of carbonyl (C=O) groups is 2. The van der Waals surface area contributed by atoms with E-state index in [0.717, 1.165) is 11.1 Å². The van der Waals surface area contributed by atoms with E-state index in [4.69, 9.17) is 18.9 Å². The van der Waals surface area contributed by atoms with Crippen molar-refractivity contribution in [3.05, 3.63) is 82.9 Å². The third kappa shape index (κ3) is 8.09. The molecule has 8 heteroatoms. The number of nitrogens with one attached hydrogen (secondary N) is 1. The number of nitrogens with zero attached hydrogens (tertiary/aromatic N) is 1. The number of hydrazone groups is 1. The number of ether oxygens (including phenoxy) is 4. The summed E-state index contributed by atoms with van der Waals surface area (Å²) < 4.78 is 22.3. The quantitative estimate of drug-likeness (QED) is 0.144. The highest BCUT2D eigenvalue weighted by Gasteiger charge is 2.14. The molecule has 0 radical (unpaired) electrons. The van der Waals surface area contributed by atoms with Crippen LogP contribution in [0.3, 0.4) is 0 Å². The van der Waals surface area contributed by atoms with Crippen molar-refractivity contribution in [2.75, 3.05) is 19.8 Å². The largest absolute Gasteiger partial charge is 0.494 e. The first-order chi connectivity index (χ1) is 18.3. The molecule has 0 heterocycles. The molecular formula is C30H34N2O6. The average molecular weight is 519 g/mol. The van der Waals surface area contributed by atoms with Crippen LogP contribution in [0.2, 0.25) is 0 Å². The number of aryl methyl sites for hydroxylation is 1. The Balaban J connectivity index is 1.59. The third-order valence-corrected chi connectivity index (χ3v) is 5.51. The first kappa shape index (κ1) is 28.2. The first-order valence-corrected chi connectivity index (χ1v) is 12.6. The van der Waals surface area contributed by atoms with Crippen LogP contribution in [0.4, 0.5) is 0 Å². The molecule has 0 saturated heterocycles. The van der Waals surface area contributed by atoms with E-state index >= 15 is 0 Å². The standard InChI is InChI=1S/C30H34N2O6/c1-6-35-25-13-11-23(12-14-25)30(34)38-26-15-9-22(16-28(26)36-7-2)18-31-32-29(33)19-37-27-17-24(20(3)4)10-8-21(27)5/h8-18,20H,6-7,19H2,1-5H3,(H,32,33)/b31-18+. The summed E-state index contributed by atoms with van der Waals surface area (Å²) >= 11 is 0. The minimum Gasteiger partial charge on any atom is -0.494 e. The molecule has 1 amide bonds. The maximum atomic E-state index is 12.6. The summed E-state index contributed by atoms with van der Waals surface area (Å²) in [5.74, 6) is 1.47. The minimum absolute atomic E-state index is 0.162. The number of amides is 1. The summed E-state index contributed by atoms with van der Waals surface area (Å²) in [6.45, 7) is 10.6. The summed E-state index contributed by atoms with van der Waals surface area (Å²) in [6.07, 6.45) is 1.48. The molecule has 3 rings (SSSR count). The summed E-state index contributed by atoms with van der Waals surface area (Å²) in [7, 11) is 0. The Morgan fingerprint density at radius 1 is 0.868 bits per heavy atom. The molecule has 0 aliphatic heterocycles. The molecule has 200 valence electrons. The van der Waals surface area contributed by atoms with Crippen LogP contribution in [-0.2, 0) is 4.79 Å². The zero-order valence-corrected chi connectivity index (χ0v) is 22.4. The van der Waals surface area contributed by atoms with Crippen LogP contribution in [0.15, 0.2) is 65.8 Å². The summed E-state index contributed by atoms with van der Waals surface area (Å²) in [5.41, 5.74) is 5.59. The van der Waals surface area contributed by atoms with Crippen LogP contribution in [0.25, 0.3) is 0 Å². The van der Waals surface area contributed by atoms with Gasteiger partial charge in [0.2, 0.25) is 0 Å². The smallest absolute Gasteiger partial charge is 0.343 e. The molecule has 0 aromatic heterocycles. The van der Waals surface area contributed by atoms with Crippen LogP contribution in [0, 0.1) is 6.92 Å². The molecular weight excluding hydrogens is 484 g/mol. The van der Waals surface area contributed by atoms with Crippen molar-refractivity contribution in [2.24, 2.45) is 5.10 Å². The van der Waals surface area contributed by atoms with Crippen molar-refractivity contribution >= 4 is 18.1 Å². The number of hydrogen-bond acceptors (Lipinski definition) is 7. The molecule has 3 aromatic carbocycles. The topological polar surface area (TPSA) is 95.5 Å². The van der Waals surface area contributed by atoms with E-state index in [0.29, 0.717) is 47.5 Å². The van der Waals surface area contributed by atoms with E-state index in [1.807, 2.05) is 32.9 Å². The molecule has 0 fully saturated rings. The van der Waals surface area contributed by atoms with Crippen LogP contribution >= 0.6 is 0 Å². The fourth-order valence-corrected chi connectivity index (χ4v) is 3.46. The summed E-state index contributed by atoms with van der Waals surface area (Å²) in [4.78, 5) is 24.8. The van der Waals surface area contributed by atoms with Gasteiger partial charge in [-0.05, 0) is 91.9 Å². The number of esters is 1. The predicted octanol–water partition coefficient (Wildman–Crippen LogP) is 5.66. The van der Waals surface area contributed by atoms with E-state index in [1.165, 1.54) is 6.21 Å². The number of hydrogen-bond donors (Lipinski definition) is 1. The Labute approximate surface area is 223 Å². The fraction of sp³-hybridized carbons (Fsp3) is 0.300. The molecule has 3 aromatic rings. The van der Waals surface area contributed by atoms with E-state index in [9.17, 15) is 9.59 Å². The molecule has 0 unspecified atom stereocenters. The molecule has 1 N–H and O–H groups in total. The van der Waals surface area contributed by atoms with Crippen LogP contribution < -0.4 is 24.4 Å². The number of benzene rings is 3. The van der Waals surface area contributed by atoms with Gasteiger partial charge >= 0.3 is 5.97 Å². The van der Waals surface area contributed by atoms with Crippen molar-refractivity contribution in [1.82, 2.24) is 5.43 Å². The Morgan fingerprint density at radius 2 is 1.61 bits per heavy atom. The Hall–Kier alpha value is -4.33. The third-order valence-electron chi connectivity index (χ3n) is 5.51. The number of carbonyl (C=O) groups excluding carboxylic acids is 2. The molecule has 38 heavy (non-hydrogen) atoms. The average Bonchev–Trinajstić information content (AvgIpc) is 2.90. The highest BCUT2D eigenvalue weighted by atomic mass is 16.6. The second kappa shape index (κ2) is 13.8. The maximum Gasteiger partial charge on any atom is 0.343 e. The highest BCUT2D eigenvalue weighted by Crippen LogP contribution is 2.29. The molecule has 0 aliphatic carbocycles. The van der Waals surface area contributed by atoms with Crippen LogP contribution in [0.1, 0.15) is 60.7 Å². The van der Waals surface area contributed by atoms with Gasteiger partial charge in [-0.15, -0.1) is 0 Å². The van der Waals surface area contributed by atoms with Gasteiger partial charge in [0.1, 0.15) is 11.5 Å². The molecule has 0 bridgehead atoms. The van der Waals surface area contributed by atoms with Crippen molar-refractivity contribution in [1.29, 1.82) is 0 Å². The zero-order chi connectivity index (χ0) is 27.5. The lowest BCUT2D eigenvalue weighted by Crippen LogP contribution is -2.24. The lowest BCUT2D eigenvalue weighted by Gasteiger charge is -2.12. The lowest BCUT2D eigenvalue weighted by molar-refractivity contribution is -0.123. The van der Waals surface area contributed by atoms with E-state index in [-0.39, 0.29) is 18.3 Å². The molecule has 0 saturated carbocycles. The van der Waals surface area contributed by atoms with E-state index in [2.05, 4.69) is 30.4 Å². The van der Waals surface area contributed by atoms with Gasteiger partial charge < -0.3 is 18.9 Å². The number of rotatable bonds is 12. The Morgan fingerprint density at radius 3 is 2.29 bits per heavy atom. The first-order valence-electron chi connectivity index (χ1n) is 12.6. The lowest BCUT2D eigenvalue weighted by atomic mass is 10.0.